The molecule has 0 aliphatic heterocycles. The van der Waals surface area contributed by atoms with Gasteiger partial charge < -0.3 is 0 Å². The maximum Gasteiger partial charge on any atom is 0.120 e. The molecule has 10 heavy (non-hydrogen) atoms. The fourth-order valence-electron chi connectivity index (χ4n) is 0.767. The molecule has 0 saturated heterocycles. The Balaban J connectivity index is 2.89. The summed E-state index contributed by atoms with van der Waals surface area (Å²) in [6, 6.07) is 0. The van der Waals surface area contributed by atoms with E-state index in [1.807, 2.05) is 0 Å². The van der Waals surface area contributed by atoms with Crippen LogP contribution < -0.4 is 0 Å². The third-order valence-electron chi connectivity index (χ3n) is 1.42. The van der Waals surface area contributed by atoms with E-state index in [-0.39, 0.29) is 5.83 Å². The Hall–Kier alpha value is -0.0100. The molecule has 0 spiro atoms. The molecule has 0 heterocycles. The molecule has 0 saturated carbocycles. The van der Waals surface area contributed by atoms with Gasteiger partial charge in [-0.1, -0.05) is 12.2 Å². The summed E-state index contributed by atoms with van der Waals surface area (Å²) in [6.07, 6.45) is 4.57. The minimum atomic E-state index is -0.777. The van der Waals surface area contributed by atoms with Crippen LogP contribution in [0, 0.1) is 0 Å². The van der Waals surface area contributed by atoms with Crippen molar-refractivity contribution in [2.24, 2.45) is 0 Å². The molecule has 3 heteroatoms. The van der Waals surface area contributed by atoms with Crippen molar-refractivity contribution in [2.45, 2.75) is 17.2 Å². The number of alkyl halides is 2. The highest BCUT2D eigenvalue weighted by atomic mass is 35.5. The molecule has 56 valence electrons. The summed E-state index contributed by atoms with van der Waals surface area (Å²) in [5, 5.41) is -0.737. The van der Waals surface area contributed by atoms with E-state index in [2.05, 4.69) is 0 Å². The van der Waals surface area contributed by atoms with Crippen molar-refractivity contribution < 1.29 is 4.39 Å². The second kappa shape index (κ2) is 2.55. The highest BCUT2D eigenvalue weighted by Gasteiger charge is 2.32. The predicted octanol–water partition coefficient (Wildman–Crippen LogP) is 3.01. The van der Waals surface area contributed by atoms with Crippen LogP contribution in [0.3, 0.4) is 0 Å². The largest absolute Gasteiger partial charge is 0.210 e. The number of halogens is 3. The lowest BCUT2D eigenvalue weighted by Crippen LogP contribution is -2.29. The van der Waals surface area contributed by atoms with Crippen LogP contribution in [0.2, 0.25) is 0 Å². The van der Waals surface area contributed by atoms with Gasteiger partial charge in [0, 0.05) is 0 Å². The summed E-state index contributed by atoms with van der Waals surface area (Å²) in [5.74, 6) is -0.373. The zero-order valence-corrected chi connectivity index (χ0v) is 6.96. The number of allylic oxidation sites excluding steroid dienone is 4. The minimum Gasteiger partial charge on any atom is -0.210 e. The molecule has 0 aromatic heterocycles. The van der Waals surface area contributed by atoms with Gasteiger partial charge in [0.1, 0.15) is 11.2 Å². The minimum absolute atomic E-state index is 0.373. The molecule has 1 aliphatic rings. The van der Waals surface area contributed by atoms with Crippen LogP contribution in [0.25, 0.3) is 0 Å². The first-order valence-corrected chi connectivity index (χ1v) is 3.73. The molecular weight excluding hydrogens is 174 g/mol. The van der Waals surface area contributed by atoms with Crippen molar-refractivity contribution in [3.05, 3.63) is 24.1 Å². The Morgan fingerprint density at radius 3 is 2.70 bits per heavy atom. The Bertz CT molecular complexity index is 194. The van der Waals surface area contributed by atoms with E-state index in [0.717, 1.165) is 0 Å². The van der Waals surface area contributed by atoms with Gasteiger partial charge in [-0.25, -0.2) is 4.39 Å². The second-order valence-electron chi connectivity index (χ2n) is 2.42. The molecule has 0 aromatic rings. The Labute approximate surface area is 69.3 Å². The quantitative estimate of drug-likeness (QED) is 0.504. The molecule has 0 nitrogen and oxygen atoms in total. The van der Waals surface area contributed by atoms with Crippen LogP contribution >= 0.6 is 23.2 Å². The Morgan fingerprint density at radius 2 is 2.30 bits per heavy atom. The van der Waals surface area contributed by atoms with E-state index < -0.39 is 10.3 Å². The van der Waals surface area contributed by atoms with Crippen LogP contribution in [-0.4, -0.2) is 10.3 Å². The molecule has 0 radical (unpaired) electrons. The fourth-order valence-corrected chi connectivity index (χ4v) is 1.09. The molecule has 0 aromatic carbocycles. The van der Waals surface area contributed by atoms with Crippen molar-refractivity contribution in [1.82, 2.24) is 0 Å². The average molecular weight is 181 g/mol. The molecule has 2 unspecified atom stereocenters. The van der Waals surface area contributed by atoms with Crippen LogP contribution in [0.4, 0.5) is 4.39 Å². The van der Waals surface area contributed by atoms with E-state index in [4.69, 9.17) is 23.2 Å². The maximum atomic E-state index is 12.7. The lowest BCUT2D eigenvalue weighted by Gasteiger charge is -2.24. The highest BCUT2D eigenvalue weighted by molar-refractivity contribution is 6.34. The molecular formula is C7H7Cl2F. The van der Waals surface area contributed by atoms with Crippen LogP contribution in [0.15, 0.2) is 24.1 Å². The van der Waals surface area contributed by atoms with Gasteiger partial charge in [-0.15, -0.1) is 23.2 Å². The smallest absolute Gasteiger partial charge is 0.120 e. The van der Waals surface area contributed by atoms with Gasteiger partial charge in [0.25, 0.3) is 0 Å². The summed E-state index contributed by atoms with van der Waals surface area (Å²) in [7, 11) is 0. The van der Waals surface area contributed by atoms with Gasteiger partial charge in [0.15, 0.2) is 0 Å². The summed E-state index contributed by atoms with van der Waals surface area (Å²) in [4.78, 5) is -0.777. The first kappa shape index (κ1) is 8.09. The summed E-state index contributed by atoms with van der Waals surface area (Å²) >= 11 is 11.5. The van der Waals surface area contributed by atoms with E-state index in [1.165, 1.54) is 6.08 Å². The Kier molecular flexibility index (Phi) is 2.07. The van der Waals surface area contributed by atoms with Crippen LogP contribution in [0.1, 0.15) is 6.92 Å². The van der Waals surface area contributed by atoms with Crippen molar-refractivity contribution in [3.63, 3.8) is 0 Å². The first-order valence-electron chi connectivity index (χ1n) is 2.92. The molecule has 1 rings (SSSR count). The van der Waals surface area contributed by atoms with Crippen molar-refractivity contribution in [3.8, 4) is 0 Å². The van der Waals surface area contributed by atoms with Crippen LogP contribution in [0.5, 0.6) is 0 Å². The summed E-state index contributed by atoms with van der Waals surface area (Å²) < 4.78 is 12.7. The normalized spacial score (nSPS) is 39.6. The third-order valence-corrected chi connectivity index (χ3v) is 2.53. The summed E-state index contributed by atoms with van der Waals surface area (Å²) in [6.45, 7) is 1.68. The van der Waals surface area contributed by atoms with Crippen LogP contribution in [-0.2, 0) is 0 Å². The van der Waals surface area contributed by atoms with Gasteiger partial charge in [0.2, 0.25) is 0 Å². The van der Waals surface area contributed by atoms with Crippen molar-refractivity contribution >= 4 is 23.2 Å². The van der Waals surface area contributed by atoms with Gasteiger partial charge in [-0.3, -0.25) is 0 Å². The van der Waals surface area contributed by atoms with E-state index in [1.54, 1.807) is 19.1 Å². The molecule has 0 N–H and O–H groups in total. The zero-order chi connectivity index (χ0) is 7.78. The lowest BCUT2D eigenvalue weighted by molar-refractivity contribution is 0.556. The standard InChI is InChI=1S/C7H7Cl2F/c1-7(9)4-2-3-5(10)6(7)8/h2-4,6H,1H3. The fraction of sp³-hybridized carbons (Fsp3) is 0.429. The SMILES string of the molecule is CC1(Cl)C=CC=C(F)C1Cl. The van der Waals surface area contributed by atoms with Gasteiger partial charge in [-0.2, -0.15) is 0 Å². The van der Waals surface area contributed by atoms with Gasteiger partial charge in [-0.05, 0) is 13.0 Å². The van der Waals surface area contributed by atoms with E-state index >= 15 is 0 Å². The topological polar surface area (TPSA) is 0 Å². The average Bonchev–Trinajstić information content (AvgIpc) is 1.83. The number of hydrogen-bond acceptors (Lipinski definition) is 0. The predicted molar refractivity (Wildman–Crippen MR) is 42.2 cm³/mol. The second-order valence-corrected chi connectivity index (χ2v) is 3.68. The van der Waals surface area contributed by atoms with Crippen molar-refractivity contribution in [2.75, 3.05) is 0 Å². The molecule has 0 amide bonds. The first-order chi connectivity index (χ1) is 4.54. The maximum absolute atomic E-state index is 12.7. The Morgan fingerprint density at radius 1 is 1.70 bits per heavy atom. The van der Waals surface area contributed by atoms with E-state index in [0.29, 0.717) is 0 Å². The molecule has 0 bridgehead atoms. The molecule has 0 fully saturated rings. The number of hydrogen-bond donors (Lipinski definition) is 0. The number of rotatable bonds is 0. The lowest BCUT2D eigenvalue weighted by atomic mass is 10.0. The van der Waals surface area contributed by atoms with E-state index in [9.17, 15) is 4.39 Å². The zero-order valence-electron chi connectivity index (χ0n) is 5.44. The monoisotopic (exact) mass is 180 g/mol. The molecule has 2 atom stereocenters. The summed E-state index contributed by atoms with van der Waals surface area (Å²) in [5.41, 5.74) is 0. The van der Waals surface area contributed by atoms with Gasteiger partial charge in [0.05, 0.1) is 4.87 Å². The third kappa shape index (κ3) is 1.35. The highest BCUT2D eigenvalue weighted by Crippen LogP contribution is 2.34. The van der Waals surface area contributed by atoms with Gasteiger partial charge >= 0.3 is 0 Å². The van der Waals surface area contributed by atoms with Crippen molar-refractivity contribution in [1.29, 1.82) is 0 Å². The molecule has 1 aliphatic carbocycles.